The lowest BCUT2D eigenvalue weighted by atomic mass is 10.1. The van der Waals surface area contributed by atoms with Gasteiger partial charge < -0.3 is 15.4 Å². The highest BCUT2D eigenvalue weighted by molar-refractivity contribution is 5.47. The minimum Gasteiger partial charge on any atom is -0.377 e. The summed E-state index contributed by atoms with van der Waals surface area (Å²) in [6, 6.07) is 1.94. The predicted octanol–water partition coefficient (Wildman–Crippen LogP) is 2.51. The zero-order chi connectivity index (χ0) is 13.4. The van der Waals surface area contributed by atoms with Crippen molar-refractivity contribution in [2.24, 2.45) is 5.92 Å². The molecule has 2 N–H and O–H groups in total. The van der Waals surface area contributed by atoms with Crippen LogP contribution in [0, 0.1) is 5.92 Å². The fourth-order valence-corrected chi connectivity index (χ4v) is 1.48. The molecular formula is C13H24N4O. The number of aromatic nitrogens is 2. The molecule has 0 fully saturated rings. The van der Waals surface area contributed by atoms with Crippen molar-refractivity contribution < 1.29 is 4.74 Å². The van der Waals surface area contributed by atoms with E-state index in [0.29, 0.717) is 18.3 Å². The van der Waals surface area contributed by atoms with Gasteiger partial charge in [0.15, 0.2) is 5.82 Å². The smallest absolute Gasteiger partial charge is 0.158 e. The van der Waals surface area contributed by atoms with Crippen molar-refractivity contribution in [3.63, 3.8) is 0 Å². The maximum absolute atomic E-state index is 5.08. The predicted molar refractivity (Wildman–Crippen MR) is 74.9 cm³/mol. The Balaban J connectivity index is 2.75. The van der Waals surface area contributed by atoms with Gasteiger partial charge in [-0.1, -0.05) is 20.3 Å². The lowest BCUT2D eigenvalue weighted by molar-refractivity contribution is 0.178. The van der Waals surface area contributed by atoms with Crippen LogP contribution in [0.3, 0.4) is 0 Å². The molecule has 0 aromatic carbocycles. The van der Waals surface area contributed by atoms with Gasteiger partial charge in [0.05, 0.1) is 0 Å². The number of ether oxygens (including phenoxy) is 1. The summed E-state index contributed by atoms with van der Waals surface area (Å²) in [4.78, 5) is 8.80. The number of nitrogens with zero attached hydrogens (tertiary/aromatic N) is 2. The molecule has 0 aliphatic heterocycles. The Morgan fingerprint density at radius 2 is 1.89 bits per heavy atom. The van der Waals surface area contributed by atoms with Gasteiger partial charge in [0.1, 0.15) is 18.2 Å². The molecule has 18 heavy (non-hydrogen) atoms. The molecule has 1 unspecified atom stereocenters. The Labute approximate surface area is 109 Å². The van der Waals surface area contributed by atoms with Gasteiger partial charge in [-0.3, -0.25) is 0 Å². The van der Waals surface area contributed by atoms with Crippen LogP contribution in [0.15, 0.2) is 6.07 Å². The molecule has 0 radical (unpaired) electrons. The average Bonchev–Trinajstić information content (AvgIpc) is 2.36. The average molecular weight is 252 g/mol. The summed E-state index contributed by atoms with van der Waals surface area (Å²) < 4.78 is 5.08. The van der Waals surface area contributed by atoms with E-state index in [1.165, 1.54) is 0 Å². The van der Waals surface area contributed by atoms with Gasteiger partial charge in [0.25, 0.3) is 0 Å². The Hall–Kier alpha value is -1.36. The molecule has 1 heterocycles. The topological polar surface area (TPSA) is 59.1 Å². The maximum Gasteiger partial charge on any atom is 0.158 e. The molecule has 0 aliphatic carbocycles. The summed E-state index contributed by atoms with van der Waals surface area (Å²) in [5.74, 6) is 3.02. The molecule has 0 amide bonds. The van der Waals surface area contributed by atoms with E-state index in [1.54, 1.807) is 7.11 Å². The van der Waals surface area contributed by atoms with E-state index in [4.69, 9.17) is 4.74 Å². The first-order chi connectivity index (χ1) is 8.69. The Kier molecular flexibility index (Phi) is 6.43. The highest BCUT2D eigenvalue weighted by Crippen LogP contribution is 2.13. The number of rotatable bonds is 8. The first-order valence-electron chi connectivity index (χ1n) is 6.54. The minimum atomic E-state index is 0.428. The van der Waals surface area contributed by atoms with Crippen LogP contribution < -0.4 is 10.6 Å². The summed E-state index contributed by atoms with van der Waals surface area (Å²) in [5.41, 5.74) is 0. The van der Waals surface area contributed by atoms with Gasteiger partial charge in [0.2, 0.25) is 0 Å². The summed E-state index contributed by atoms with van der Waals surface area (Å²) in [6.07, 6.45) is 1.16. The van der Waals surface area contributed by atoms with Crippen LogP contribution in [-0.2, 0) is 11.3 Å². The van der Waals surface area contributed by atoms with Crippen molar-refractivity contribution in [2.45, 2.75) is 33.8 Å². The Bertz CT molecular complexity index is 333. The molecule has 0 bridgehead atoms. The molecule has 1 rings (SSSR count). The first-order valence-corrected chi connectivity index (χ1v) is 6.54. The van der Waals surface area contributed by atoms with Gasteiger partial charge in [0, 0.05) is 26.3 Å². The number of hydrogen-bond acceptors (Lipinski definition) is 5. The van der Waals surface area contributed by atoms with E-state index in [9.17, 15) is 0 Å². The summed E-state index contributed by atoms with van der Waals surface area (Å²) in [7, 11) is 1.65. The maximum atomic E-state index is 5.08. The molecule has 1 atom stereocenters. The van der Waals surface area contributed by atoms with Gasteiger partial charge in [-0.15, -0.1) is 0 Å². The Morgan fingerprint density at radius 1 is 1.22 bits per heavy atom. The van der Waals surface area contributed by atoms with Crippen molar-refractivity contribution in [3.8, 4) is 0 Å². The summed E-state index contributed by atoms with van der Waals surface area (Å²) in [6.45, 7) is 8.64. The molecule has 0 aliphatic rings. The number of methoxy groups -OCH3 is 1. The highest BCUT2D eigenvalue weighted by atomic mass is 16.5. The highest BCUT2D eigenvalue weighted by Gasteiger charge is 2.05. The SMILES string of the molecule is CCNc1cc(NCC(C)CC)nc(COC)n1. The van der Waals surface area contributed by atoms with Gasteiger partial charge >= 0.3 is 0 Å². The quantitative estimate of drug-likeness (QED) is 0.744. The van der Waals surface area contributed by atoms with E-state index in [0.717, 1.165) is 31.1 Å². The molecule has 0 saturated carbocycles. The molecule has 0 saturated heterocycles. The van der Waals surface area contributed by atoms with Gasteiger partial charge in [-0.25, -0.2) is 9.97 Å². The van der Waals surface area contributed by atoms with Gasteiger partial charge in [-0.2, -0.15) is 0 Å². The standard InChI is InChI=1S/C13H24N4O/c1-5-10(3)8-15-12-7-11(14-6-2)16-13(17-12)9-18-4/h7,10H,5-6,8-9H2,1-4H3,(H2,14,15,16,17). The van der Waals surface area contributed by atoms with E-state index in [1.807, 2.05) is 13.0 Å². The third kappa shape index (κ3) is 4.87. The van der Waals surface area contributed by atoms with Crippen molar-refractivity contribution in [1.29, 1.82) is 0 Å². The third-order valence-electron chi connectivity index (χ3n) is 2.73. The molecular weight excluding hydrogens is 228 g/mol. The summed E-state index contributed by atoms with van der Waals surface area (Å²) in [5, 5.41) is 6.55. The fourth-order valence-electron chi connectivity index (χ4n) is 1.48. The lowest BCUT2D eigenvalue weighted by Crippen LogP contribution is -2.13. The van der Waals surface area contributed by atoms with Crippen molar-refractivity contribution in [3.05, 3.63) is 11.9 Å². The van der Waals surface area contributed by atoms with Crippen LogP contribution in [0.25, 0.3) is 0 Å². The first kappa shape index (κ1) is 14.7. The second-order valence-electron chi connectivity index (χ2n) is 4.41. The molecule has 5 heteroatoms. The number of anilines is 2. The largest absolute Gasteiger partial charge is 0.377 e. The minimum absolute atomic E-state index is 0.428. The van der Waals surface area contributed by atoms with Crippen LogP contribution >= 0.6 is 0 Å². The van der Waals surface area contributed by atoms with Crippen LogP contribution in [0.4, 0.5) is 11.6 Å². The monoisotopic (exact) mass is 252 g/mol. The van der Waals surface area contributed by atoms with Crippen LogP contribution in [0.1, 0.15) is 33.0 Å². The Morgan fingerprint density at radius 3 is 2.44 bits per heavy atom. The van der Waals surface area contributed by atoms with E-state index in [2.05, 4.69) is 34.4 Å². The zero-order valence-electron chi connectivity index (χ0n) is 11.8. The second kappa shape index (κ2) is 7.87. The van der Waals surface area contributed by atoms with Crippen LogP contribution in [0.2, 0.25) is 0 Å². The van der Waals surface area contributed by atoms with Crippen molar-refractivity contribution in [2.75, 3.05) is 30.8 Å². The molecule has 0 spiro atoms. The van der Waals surface area contributed by atoms with E-state index < -0.39 is 0 Å². The number of hydrogen-bond donors (Lipinski definition) is 2. The van der Waals surface area contributed by atoms with Crippen molar-refractivity contribution in [1.82, 2.24) is 9.97 Å². The zero-order valence-corrected chi connectivity index (χ0v) is 11.8. The third-order valence-corrected chi connectivity index (χ3v) is 2.73. The molecule has 1 aromatic heterocycles. The van der Waals surface area contributed by atoms with Crippen LogP contribution in [-0.4, -0.2) is 30.2 Å². The second-order valence-corrected chi connectivity index (χ2v) is 4.41. The van der Waals surface area contributed by atoms with Crippen molar-refractivity contribution >= 4 is 11.6 Å². The fraction of sp³-hybridized carbons (Fsp3) is 0.692. The lowest BCUT2D eigenvalue weighted by Gasteiger charge is -2.13. The number of nitrogens with one attached hydrogen (secondary N) is 2. The van der Waals surface area contributed by atoms with Gasteiger partial charge in [-0.05, 0) is 12.8 Å². The normalized spacial score (nSPS) is 12.2. The van der Waals surface area contributed by atoms with Crippen LogP contribution in [0.5, 0.6) is 0 Å². The van der Waals surface area contributed by atoms with E-state index >= 15 is 0 Å². The molecule has 5 nitrogen and oxygen atoms in total. The molecule has 102 valence electrons. The molecule has 1 aromatic rings. The summed E-state index contributed by atoms with van der Waals surface area (Å²) >= 11 is 0. The van der Waals surface area contributed by atoms with E-state index in [-0.39, 0.29) is 0 Å².